The second-order valence-electron chi connectivity index (χ2n) is 11.6. The molecular formula is C42H28. The van der Waals surface area contributed by atoms with Gasteiger partial charge in [0, 0.05) is 0 Å². The van der Waals surface area contributed by atoms with Gasteiger partial charge in [0.05, 0.1) is 0 Å². The molecule has 7 aromatic rings. The number of benzene rings is 7. The number of fused-ring (bicyclic) bond motifs is 6. The zero-order chi connectivity index (χ0) is 27.6. The van der Waals surface area contributed by atoms with E-state index in [2.05, 4.69) is 146 Å². The molecule has 0 radical (unpaired) electrons. The molecule has 0 heteroatoms. The van der Waals surface area contributed by atoms with E-state index in [9.17, 15) is 0 Å². The summed E-state index contributed by atoms with van der Waals surface area (Å²) in [6.07, 6.45) is 6.62. The average Bonchev–Trinajstić information content (AvgIpc) is 3.66. The Bertz CT molecular complexity index is 2160. The molecule has 0 unspecified atom stereocenters. The molecule has 0 bridgehead atoms. The summed E-state index contributed by atoms with van der Waals surface area (Å²) in [6, 6.07) is 49.7. The molecule has 0 spiro atoms. The van der Waals surface area contributed by atoms with Gasteiger partial charge >= 0.3 is 0 Å². The lowest BCUT2D eigenvalue weighted by Gasteiger charge is -2.18. The van der Waals surface area contributed by atoms with Gasteiger partial charge in [-0.3, -0.25) is 0 Å². The Balaban J connectivity index is 1.25. The van der Waals surface area contributed by atoms with Crippen LogP contribution in [0.1, 0.15) is 22.3 Å². The summed E-state index contributed by atoms with van der Waals surface area (Å²) in [5.74, 6) is 0. The van der Waals surface area contributed by atoms with E-state index in [0.29, 0.717) is 0 Å². The first kappa shape index (κ1) is 23.5. The van der Waals surface area contributed by atoms with E-state index in [0.717, 1.165) is 12.8 Å². The highest BCUT2D eigenvalue weighted by atomic mass is 14.3. The molecule has 0 fully saturated rings. The molecule has 0 saturated carbocycles. The minimum atomic E-state index is 1.02. The topological polar surface area (TPSA) is 0 Å². The molecule has 42 heavy (non-hydrogen) atoms. The summed E-state index contributed by atoms with van der Waals surface area (Å²) >= 11 is 0. The van der Waals surface area contributed by atoms with Crippen molar-refractivity contribution < 1.29 is 0 Å². The quantitative estimate of drug-likeness (QED) is 0.199. The van der Waals surface area contributed by atoms with Crippen LogP contribution in [0.25, 0.3) is 72.1 Å². The van der Waals surface area contributed by atoms with Crippen LogP contribution in [0, 0.1) is 0 Å². The van der Waals surface area contributed by atoms with Crippen LogP contribution in [0.4, 0.5) is 0 Å². The third-order valence-corrected chi connectivity index (χ3v) is 9.28. The fourth-order valence-corrected chi connectivity index (χ4v) is 7.30. The third-order valence-electron chi connectivity index (χ3n) is 9.28. The number of hydrogen-bond donors (Lipinski definition) is 0. The smallest absolute Gasteiger partial charge is 0.00132 e. The lowest BCUT2D eigenvalue weighted by molar-refractivity contribution is 1.24. The Kier molecular flexibility index (Phi) is 5.12. The summed E-state index contributed by atoms with van der Waals surface area (Å²) in [7, 11) is 0. The fraction of sp³-hybridized carbons (Fsp3) is 0.0476. The number of allylic oxidation sites excluding steroid dienone is 1. The summed E-state index contributed by atoms with van der Waals surface area (Å²) in [6.45, 7) is 0. The predicted octanol–water partition coefficient (Wildman–Crippen LogP) is 11.1. The van der Waals surface area contributed by atoms with Crippen LogP contribution in [0.5, 0.6) is 0 Å². The average molecular weight is 533 g/mol. The molecule has 0 heterocycles. The normalized spacial score (nSPS) is 13.0. The molecule has 0 amide bonds. The van der Waals surface area contributed by atoms with Crippen molar-refractivity contribution in [2.24, 2.45) is 0 Å². The summed E-state index contributed by atoms with van der Waals surface area (Å²) in [5.41, 5.74) is 16.2. The zero-order valence-corrected chi connectivity index (χ0v) is 23.3. The third kappa shape index (κ3) is 3.55. The first-order valence-corrected chi connectivity index (χ1v) is 14.9. The van der Waals surface area contributed by atoms with Gasteiger partial charge in [0.1, 0.15) is 0 Å². The lowest BCUT2D eigenvalue weighted by atomic mass is 9.85. The molecule has 0 nitrogen and oxygen atoms in total. The van der Waals surface area contributed by atoms with Crippen molar-refractivity contribution in [3.05, 3.63) is 162 Å². The van der Waals surface area contributed by atoms with E-state index in [1.54, 1.807) is 0 Å². The fourth-order valence-electron chi connectivity index (χ4n) is 7.30. The van der Waals surface area contributed by atoms with Gasteiger partial charge in [0.2, 0.25) is 0 Å². The van der Waals surface area contributed by atoms with Crippen molar-refractivity contribution >= 4 is 27.6 Å². The molecule has 9 rings (SSSR count). The van der Waals surface area contributed by atoms with Gasteiger partial charge in [0.25, 0.3) is 0 Å². The Morgan fingerprint density at radius 1 is 0.381 bits per heavy atom. The molecule has 0 atom stereocenters. The minimum absolute atomic E-state index is 1.02. The predicted molar refractivity (Wildman–Crippen MR) is 179 cm³/mol. The molecule has 0 N–H and O–H groups in total. The minimum Gasteiger partial charge on any atom is -0.0795 e. The van der Waals surface area contributed by atoms with E-state index in [1.807, 2.05) is 0 Å². The maximum Gasteiger partial charge on any atom is -0.00132 e. The molecule has 2 aliphatic carbocycles. The molecular weight excluding hydrogens is 504 g/mol. The monoisotopic (exact) mass is 532 g/mol. The van der Waals surface area contributed by atoms with Crippen molar-refractivity contribution in [2.75, 3.05) is 0 Å². The lowest BCUT2D eigenvalue weighted by Crippen LogP contribution is -1.91. The Labute approximate surface area is 246 Å². The van der Waals surface area contributed by atoms with Gasteiger partial charge in [-0.25, -0.2) is 0 Å². The molecule has 0 saturated heterocycles. The van der Waals surface area contributed by atoms with E-state index < -0.39 is 0 Å². The van der Waals surface area contributed by atoms with Gasteiger partial charge in [-0.05, 0) is 113 Å². The highest BCUT2D eigenvalue weighted by Gasteiger charge is 2.23. The maximum atomic E-state index is 2.46. The van der Waals surface area contributed by atoms with Gasteiger partial charge < -0.3 is 0 Å². The standard InChI is InChI=1S/C42H28/c1-2-9-27(10-3-1)28-17-19-29(20-18-28)41-35-13-4-6-15-37(35)42(38-16-7-5-14-36(38)41)33-22-21-32-24-34-23-30-11-8-12-31(30)25-40(34)39(32)26-33/h1-11,13-23,25-26H,12,24H2. The Morgan fingerprint density at radius 3 is 1.62 bits per heavy atom. The maximum absolute atomic E-state index is 2.46. The number of rotatable bonds is 3. The van der Waals surface area contributed by atoms with Gasteiger partial charge in [-0.1, -0.05) is 133 Å². The summed E-state index contributed by atoms with van der Waals surface area (Å²) in [5, 5.41) is 5.19. The Morgan fingerprint density at radius 2 is 0.929 bits per heavy atom. The van der Waals surface area contributed by atoms with E-state index in [1.165, 1.54) is 88.3 Å². The highest BCUT2D eigenvalue weighted by molar-refractivity contribution is 6.21. The van der Waals surface area contributed by atoms with E-state index >= 15 is 0 Å². The molecule has 2 aliphatic rings. The van der Waals surface area contributed by atoms with Crippen LogP contribution in [-0.2, 0) is 12.8 Å². The van der Waals surface area contributed by atoms with Gasteiger partial charge in [0.15, 0.2) is 0 Å². The van der Waals surface area contributed by atoms with Crippen LogP contribution in [0.3, 0.4) is 0 Å². The van der Waals surface area contributed by atoms with E-state index in [-0.39, 0.29) is 0 Å². The van der Waals surface area contributed by atoms with Gasteiger partial charge in [-0.2, -0.15) is 0 Å². The Hall–Kier alpha value is -5.20. The van der Waals surface area contributed by atoms with Crippen molar-refractivity contribution in [3.63, 3.8) is 0 Å². The first-order chi connectivity index (χ1) is 20.8. The summed E-state index contributed by atoms with van der Waals surface area (Å²) in [4.78, 5) is 0. The van der Waals surface area contributed by atoms with Crippen LogP contribution in [0.15, 0.2) is 140 Å². The SMILES string of the molecule is C1=Cc2cc3c(cc2C1)-c1cc(-c2c4ccccc4c(-c4ccc(-c5ccccc5)cc4)c4ccccc24)ccc1C3. The number of hydrogen-bond acceptors (Lipinski definition) is 0. The molecule has 0 aromatic heterocycles. The van der Waals surface area contributed by atoms with Crippen LogP contribution in [-0.4, -0.2) is 0 Å². The summed E-state index contributed by atoms with van der Waals surface area (Å²) < 4.78 is 0. The van der Waals surface area contributed by atoms with Crippen LogP contribution < -0.4 is 0 Å². The van der Waals surface area contributed by atoms with E-state index in [4.69, 9.17) is 0 Å². The molecule has 7 aromatic carbocycles. The highest BCUT2D eigenvalue weighted by Crippen LogP contribution is 2.46. The van der Waals surface area contributed by atoms with Crippen LogP contribution >= 0.6 is 0 Å². The van der Waals surface area contributed by atoms with Crippen molar-refractivity contribution in [3.8, 4) is 44.5 Å². The van der Waals surface area contributed by atoms with Crippen molar-refractivity contribution in [2.45, 2.75) is 12.8 Å². The van der Waals surface area contributed by atoms with Gasteiger partial charge in [-0.15, -0.1) is 0 Å². The molecule has 196 valence electrons. The first-order valence-electron chi connectivity index (χ1n) is 14.9. The van der Waals surface area contributed by atoms with Crippen LogP contribution in [0.2, 0.25) is 0 Å². The second-order valence-corrected chi connectivity index (χ2v) is 11.6. The van der Waals surface area contributed by atoms with Crippen molar-refractivity contribution in [1.29, 1.82) is 0 Å². The molecule has 0 aliphatic heterocycles. The zero-order valence-electron chi connectivity index (χ0n) is 23.3. The second kappa shape index (κ2) is 9.16. The van der Waals surface area contributed by atoms with Crippen molar-refractivity contribution in [1.82, 2.24) is 0 Å². The largest absolute Gasteiger partial charge is 0.0795 e.